The molecule has 0 aliphatic carbocycles. The molecule has 8 heteroatoms. The highest BCUT2D eigenvalue weighted by Crippen LogP contribution is 2.36. The molecule has 0 atom stereocenters. The van der Waals surface area contributed by atoms with E-state index in [0.29, 0.717) is 26.5 Å². The van der Waals surface area contributed by atoms with E-state index in [4.69, 9.17) is 23.2 Å². The topological polar surface area (TPSA) is 47.3 Å². The predicted octanol–water partition coefficient (Wildman–Crippen LogP) is 4.06. The molecule has 4 nitrogen and oxygen atoms in total. The molecule has 0 radical (unpaired) electrons. The highest BCUT2D eigenvalue weighted by Gasteiger charge is 2.11. The van der Waals surface area contributed by atoms with Crippen LogP contribution in [-0.2, 0) is 5.75 Å². The van der Waals surface area contributed by atoms with E-state index in [9.17, 15) is 4.79 Å². The van der Waals surface area contributed by atoms with Crippen LogP contribution in [0.2, 0.25) is 10.0 Å². The Morgan fingerprint density at radius 3 is 2.76 bits per heavy atom. The van der Waals surface area contributed by atoms with Crippen LogP contribution < -0.4 is 5.56 Å². The van der Waals surface area contributed by atoms with Crippen LogP contribution >= 0.6 is 46.3 Å². The summed E-state index contributed by atoms with van der Waals surface area (Å²) in [5.74, 6) is 0.579. The maximum atomic E-state index is 11.8. The van der Waals surface area contributed by atoms with Crippen LogP contribution in [0.5, 0.6) is 0 Å². The number of aryl methyl sites for hydroxylation is 1. The highest BCUT2D eigenvalue weighted by molar-refractivity contribution is 7.98. The van der Waals surface area contributed by atoms with Gasteiger partial charge in [0, 0.05) is 16.7 Å². The number of aromatic nitrogens is 3. The molecule has 0 aliphatic rings. The molecule has 0 spiro atoms. The standard InChI is InChI=1S/C13H9Cl2N3OS2/c1-7-5-11(19)18-13(16-7)21-10(17-18)6-20-12-8(14)3-2-4-9(12)15/h2-5H,6H2,1H3. The Morgan fingerprint density at radius 1 is 1.33 bits per heavy atom. The van der Waals surface area contributed by atoms with Crippen LogP contribution in [0.15, 0.2) is 34.0 Å². The summed E-state index contributed by atoms with van der Waals surface area (Å²) in [6, 6.07) is 6.86. The number of hydrogen-bond donors (Lipinski definition) is 0. The fourth-order valence-electron chi connectivity index (χ4n) is 1.77. The van der Waals surface area contributed by atoms with Crippen molar-refractivity contribution >= 4 is 51.3 Å². The van der Waals surface area contributed by atoms with E-state index >= 15 is 0 Å². The van der Waals surface area contributed by atoms with Crippen molar-refractivity contribution in [2.45, 2.75) is 17.6 Å². The van der Waals surface area contributed by atoms with Gasteiger partial charge >= 0.3 is 0 Å². The van der Waals surface area contributed by atoms with Crippen molar-refractivity contribution < 1.29 is 0 Å². The van der Waals surface area contributed by atoms with Crippen LogP contribution in [-0.4, -0.2) is 14.6 Å². The summed E-state index contributed by atoms with van der Waals surface area (Å²) in [6.07, 6.45) is 0. The molecular formula is C13H9Cl2N3OS2. The van der Waals surface area contributed by atoms with Crippen molar-refractivity contribution in [3.05, 3.63) is 55.4 Å². The van der Waals surface area contributed by atoms with Crippen LogP contribution in [0.25, 0.3) is 4.96 Å². The molecule has 0 amide bonds. The Hall–Kier alpha value is -1.08. The molecule has 0 bridgehead atoms. The number of fused-ring (bicyclic) bond motifs is 1. The van der Waals surface area contributed by atoms with Gasteiger partial charge in [0.05, 0.1) is 15.8 Å². The molecule has 0 N–H and O–H groups in total. The number of hydrogen-bond acceptors (Lipinski definition) is 5. The van der Waals surface area contributed by atoms with Gasteiger partial charge in [0.25, 0.3) is 5.56 Å². The van der Waals surface area contributed by atoms with E-state index in [0.717, 1.165) is 9.90 Å². The Morgan fingerprint density at radius 2 is 2.05 bits per heavy atom. The molecule has 108 valence electrons. The summed E-state index contributed by atoms with van der Waals surface area (Å²) in [4.78, 5) is 17.5. The summed E-state index contributed by atoms with van der Waals surface area (Å²) in [7, 11) is 0. The number of benzene rings is 1. The minimum absolute atomic E-state index is 0.166. The van der Waals surface area contributed by atoms with Gasteiger partial charge in [0.2, 0.25) is 4.96 Å². The average molecular weight is 358 g/mol. The first kappa shape index (κ1) is 14.8. The van der Waals surface area contributed by atoms with Crippen LogP contribution in [0, 0.1) is 6.92 Å². The lowest BCUT2D eigenvalue weighted by molar-refractivity contribution is 0.870. The van der Waals surface area contributed by atoms with Gasteiger partial charge in [-0.05, 0) is 19.1 Å². The second-order valence-electron chi connectivity index (χ2n) is 4.27. The fourth-order valence-corrected chi connectivity index (χ4v) is 4.39. The fraction of sp³-hybridized carbons (Fsp3) is 0.154. The van der Waals surface area contributed by atoms with Crippen molar-refractivity contribution in [2.75, 3.05) is 0 Å². The first-order chi connectivity index (χ1) is 10.0. The molecule has 0 unspecified atom stereocenters. The van der Waals surface area contributed by atoms with Crippen molar-refractivity contribution in [3.63, 3.8) is 0 Å². The predicted molar refractivity (Wildman–Crippen MR) is 87.9 cm³/mol. The molecule has 2 heterocycles. The maximum Gasteiger partial charge on any atom is 0.275 e. The number of thioether (sulfide) groups is 1. The highest BCUT2D eigenvalue weighted by atomic mass is 35.5. The Labute approximate surface area is 138 Å². The zero-order chi connectivity index (χ0) is 15.0. The molecule has 0 aliphatic heterocycles. The van der Waals surface area contributed by atoms with Gasteiger partial charge in [0.1, 0.15) is 5.01 Å². The van der Waals surface area contributed by atoms with Gasteiger partial charge in [-0.2, -0.15) is 9.61 Å². The SMILES string of the molecule is Cc1cc(=O)n2nc(CSc3c(Cl)cccc3Cl)sc2n1. The van der Waals surface area contributed by atoms with Crippen molar-refractivity contribution in [1.82, 2.24) is 14.6 Å². The van der Waals surface area contributed by atoms with Crippen molar-refractivity contribution in [2.24, 2.45) is 0 Å². The quantitative estimate of drug-likeness (QED) is 0.663. The minimum atomic E-state index is -0.166. The van der Waals surface area contributed by atoms with Crippen LogP contribution in [0.3, 0.4) is 0 Å². The average Bonchev–Trinajstić information content (AvgIpc) is 2.81. The van der Waals surface area contributed by atoms with E-state index in [2.05, 4.69) is 10.1 Å². The lowest BCUT2D eigenvalue weighted by atomic mass is 10.4. The first-order valence-electron chi connectivity index (χ1n) is 5.98. The van der Waals surface area contributed by atoms with E-state index in [1.165, 1.54) is 33.7 Å². The maximum absolute atomic E-state index is 11.8. The molecule has 21 heavy (non-hydrogen) atoms. The zero-order valence-electron chi connectivity index (χ0n) is 10.8. The van der Waals surface area contributed by atoms with E-state index in [1.54, 1.807) is 25.1 Å². The Balaban J connectivity index is 1.89. The lowest BCUT2D eigenvalue weighted by Crippen LogP contribution is -2.14. The van der Waals surface area contributed by atoms with Crippen molar-refractivity contribution in [1.29, 1.82) is 0 Å². The summed E-state index contributed by atoms with van der Waals surface area (Å²) >= 11 is 15.1. The van der Waals surface area contributed by atoms with E-state index in [-0.39, 0.29) is 5.56 Å². The smallest absolute Gasteiger partial charge is 0.267 e. The lowest BCUT2D eigenvalue weighted by Gasteiger charge is -2.04. The molecule has 0 saturated heterocycles. The molecule has 3 rings (SSSR count). The second-order valence-corrected chi connectivity index (χ2v) is 7.11. The summed E-state index contributed by atoms with van der Waals surface area (Å²) < 4.78 is 1.32. The van der Waals surface area contributed by atoms with Crippen molar-refractivity contribution in [3.8, 4) is 0 Å². The van der Waals surface area contributed by atoms with Gasteiger partial charge in [-0.3, -0.25) is 4.79 Å². The third kappa shape index (κ3) is 3.08. The van der Waals surface area contributed by atoms with Gasteiger partial charge in [-0.25, -0.2) is 4.98 Å². The molecule has 0 saturated carbocycles. The molecule has 3 aromatic rings. The normalized spacial score (nSPS) is 11.2. The third-order valence-electron chi connectivity index (χ3n) is 2.67. The number of nitrogens with zero attached hydrogens (tertiary/aromatic N) is 3. The van der Waals surface area contributed by atoms with E-state index < -0.39 is 0 Å². The first-order valence-corrected chi connectivity index (χ1v) is 8.53. The minimum Gasteiger partial charge on any atom is -0.267 e. The van der Waals surface area contributed by atoms with Gasteiger partial charge in [0.15, 0.2) is 0 Å². The van der Waals surface area contributed by atoms with Gasteiger partial charge < -0.3 is 0 Å². The molecule has 1 aromatic carbocycles. The monoisotopic (exact) mass is 357 g/mol. The summed E-state index contributed by atoms with van der Waals surface area (Å²) in [5.41, 5.74) is 0.526. The molecule has 2 aromatic heterocycles. The third-order valence-corrected chi connectivity index (χ3v) is 5.77. The summed E-state index contributed by atoms with van der Waals surface area (Å²) in [5, 5.41) is 6.30. The van der Waals surface area contributed by atoms with Gasteiger partial charge in [-0.15, -0.1) is 11.8 Å². The second kappa shape index (κ2) is 5.96. The zero-order valence-corrected chi connectivity index (χ0v) is 14.0. The van der Waals surface area contributed by atoms with Crippen LogP contribution in [0.1, 0.15) is 10.7 Å². The largest absolute Gasteiger partial charge is 0.275 e. The van der Waals surface area contributed by atoms with Crippen LogP contribution in [0.4, 0.5) is 0 Å². The molecular weight excluding hydrogens is 349 g/mol. The number of rotatable bonds is 3. The summed E-state index contributed by atoms with van der Waals surface area (Å²) in [6.45, 7) is 1.79. The molecule has 0 fully saturated rings. The van der Waals surface area contributed by atoms with E-state index in [1.807, 2.05) is 0 Å². The number of halogens is 2. The van der Waals surface area contributed by atoms with Gasteiger partial charge in [-0.1, -0.05) is 40.6 Å². The Bertz CT molecular complexity index is 855. The Kier molecular flexibility index (Phi) is 4.21.